The number of halogens is 1. The van der Waals surface area contributed by atoms with Gasteiger partial charge in [0.05, 0.1) is 0 Å². The first kappa shape index (κ1) is 21.4. The molecule has 0 heterocycles. The van der Waals surface area contributed by atoms with Gasteiger partial charge in [0, 0.05) is 10.4 Å². The molecule has 0 radical (unpaired) electrons. The topological polar surface area (TPSA) is 37.3 Å². The van der Waals surface area contributed by atoms with Gasteiger partial charge in [0.25, 0.3) is 0 Å². The molecule has 0 aliphatic heterocycles. The van der Waals surface area contributed by atoms with Crippen molar-refractivity contribution < 1.29 is 9.90 Å². The van der Waals surface area contributed by atoms with Crippen molar-refractivity contribution in [3.63, 3.8) is 0 Å². The van der Waals surface area contributed by atoms with E-state index < -0.39 is 17.3 Å². The van der Waals surface area contributed by atoms with Crippen LogP contribution in [-0.4, -0.2) is 11.1 Å². The lowest BCUT2D eigenvalue weighted by Crippen LogP contribution is -2.40. The summed E-state index contributed by atoms with van der Waals surface area (Å²) in [7, 11) is 0. The van der Waals surface area contributed by atoms with Gasteiger partial charge in [-0.15, -0.1) is 0 Å². The van der Waals surface area contributed by atoms with Gasteiger partial charge in [-0.05, 0) is 51.2 Å². The lowest BCUT2D eigenvalue weighted by Gasteiger charge is -2.37. The number of carboxylic acids is 1. The molecule has 0 aromatic heterocycles. The van der Waals surface area contributed by atoms with Crippen LogP contribution in [-0.2, 0) is 10.2 Å². The van der Waals surface area contributed by atoms with Crippen molar-refractivity contribution in [2.45, 2.75) is 18.3 Å². The molecule has 0 fully saturated rings. The first-order valence-electron chi connectivity index (χ1n) is 11.0. The number of carbonyl (C=O) groups is 1. The van der Waals surface area contributed by atoms with Crippen LogP contribution in [0.25, 0.3) is 21.5 Å². The van der Waals surface area contributed by atoms with Gasteiger partial charge < -0.3 is 5.11 Å². The number of hydrogen-bond donors (Lipinski definition) is 1. The highest BCUT2D eigenvalue weighted by Gasteiger charge is 2.46. The molecule has 0 spiro atoms. The van der Waals surface area contributed by atoms with E-state index in [0.717, 1.165) is 42.7 Å². The Kier molecular flexibility index (Phi) is 5.51. The van der Waals surface area contributed by atoms with E-state index in [1.807, 2.05) is 67.6 Å². The molecule has 0 saturated carbocycles. The molecule has 5 aromatic rings. The normalized spacial score (nSPS) is 13.3. The molecule has 0 bridgehead atoms. The monoisotopic (exact) mass is 494 g/mol. The first-order valence-corrected chi connectivity index (χ1v) is 11.7. The summed E-state index contributed by atoms with van der Waals surface area (Å²) in [5.41, 5.74) is 1.53. The van der Waals surface area contributed by atoms with Gasteiger partial charge in [-0.3, -0.25) is 4.79 Å². The summed E-state index contributed by atoms with van der Waals surface area (Å²) in [6.45, 7) is 1.85. The van der Waals surface area contributed by atoms with Crippen molar-refractivity contribution in [2.75, 3.05) is 0 Å². The number of benzene rings is 5. The van der Waals surface area contributed by atoms with Crippen LogP contribution in [0.2, 0.25) is 0 Å². The fourth-order valence-corrected chi connectivity index (χ4v) is 5.77. The van der Waals surface area contributed by atoms with Crippen molar-refractivity contribution in [3.05, 3.63) is 130 Å². The summed E-state index contributed by atoms with van der Waals surface area (Å²) in [6, 6.07) is 36.4. The second kappa shape index (κ2) is 8.49. The van der Waals surface area contributed by atoms with E-state index >= 15 is 0 Å². The highest BCUT2D eigenvalue weighted by molar-refractivity contribution is 9.10. The Morgan fingerprint density at radius 3 is 1.67 bits per heavy atom. The molecule has 1 unspecified atom stereocenters. The molecular weight excluding hydrogens is 472 g/mol. The molecule has 0 aliphatic carbocycles. The van der Waals surface area contributed by atoms with Gasteiger partial charge in [-0.1, -0.05) is 119 Å². The largest absolute Gasteiger partial charge is 0.481 e. The highest BCUT2D eigenvalue weighted by Crippen LogP contribution is 2.49. The Balaban J connectivity index is 1.93. The zero-order valence-electron chi connectivity index (χ0n) is 18.2. The number of aliphatic carboxylic acids is 1. The van der Waals surface area contributed by atoms with Crippen molar-refractivity contribution in [2.24, 2.45) is 0 Å². The fraction of sp³-hybridized carbons (Fsp3) is 0.100. The maximum Gasteiger partial charge on any atom is 0.314 e. The van der Waals surface area contributed by atoms with Crippen LogP contribution in [0, 0.1) is 0 Å². The smallest absolute Gasteiger partial charge is 0.314 e. The van der Waals surface area contributed by atoms with E-state index in [1.54, 1.807) is 0 Å². The van der Waals surface area contributed by atoms with Crippen LogP contribution in [0.3, 0.4) is 0 Å². The van der Waals surface area contributed by atoms with Gasteiger partial charge in [-0.2, -0.15) is 0 Å². The molecule has 0 amide bonds. The number of hydrogen-bond acceptors (Lipinski definition) is 1. The third kappa shape index (κ3) is 3.53. The van der Waals surface area contributed by atoms with Crippen LogP contribution in [0.1, 0.15) is 29.5 Å². The SMILES string of the molecule is CC(C(=O)O)(c1ccccc1Br)C(c1cccc2ccccc12)c1cccc2ccccc12. The van der Waals surface area contributed by atoms with Crippen LogP contribution < -0.4 is 0 Å². The zero-order valence-corrected chi connectivity index (χ0v) is 19.8. The van der Waals surface area contributed by atoms with E-state index in [2.05, 4.69) is 64.5 Å². The van der Waals surface area contributed by atoms with Crippen LogP contribution >= 0.6 is 15.9 Å². The van der Waals surface area contributed by atoms with Gasteiger partial charge in [-0.25, -0.2) is 0 Å². The minimum absolute atomic E-state index is 0.425. The second-order valence-electron chi connectivity index (χ2n) is 8.56. The molecule has 5 aromatic carbocycles. The van der Waals surface area contributed by atoms with Gasteiger partial charge in [0.1, 0.15) is 5.41 Å². The van der Waals surface area contributed by atoms with Gasteiger partial charge >= 0.3 is 5.97 Å². The lowest BCUT2D eigenvalue weighted by atomic mass is 9.64. The minimum atomic E-state index is -1.23. The molecule has 5 rings (SSSR count). The number of carboxylic acid groups (broad SMARTS) is 1. The maximum atomic E-state index is 13.2. The average molecular weight is 495 g/mol. The average Bonchev–Trinajstić information content (AvgIpc) is 2.84. The molecule has 1 atom stereocenters. The Bertz CT molecular complexity index is 1400. The summed E-state index contributed by atoms with van der Waals surface area (Å²) in [4.78, 5) is 13.2. The Hall–Kier alpha value is -3.43. The van der Waals surface area contributed by atoms with Crippen molar-refractivity contribution >= 4 is 43.4 Å². The third-order valence-electron chi connectivity index (χ3n) is 6.72. The minimum Gasteiger partial charge on any atom is -0.481 e. The van der Waals surface area contributed by atoms with E-state index in [-0.39, 0.29) is 0 Å². The van der Waals surface area contributed by atoms with E-state index in [4.69, 9.17) is 0 Å². The summed E-state index contributed by atoms with van der Waals surface area (Å²) in [5, 5.41) is 15.2. The van der Waals surface area contributed by atoms with Crippen LogP contribution in [0.4, 0.5) is 0 Å². The highest BCUT2D eigenvalue weighted by atomic mass is 79.9. The predicted molar refractivity (Wildman–Crippen MR) is 139 cm³/mol. The second-order valence-corrected chi connectivity index (χ2v) is 9.41. The maximum absolute atomic E-state index is 13.2. The molecule has 0 aliphatic rings. The number of fused-ring (bicyclic) bond motifs is 2. The predicted octanol–water partition coefficient (Wildman–Crippen LogP) is 7.93. The van der Waals surface area contributed by atoms with E-state index in [9.17, 15) is 9.90 Å². The lowest BCUT2D eigenvalue weighted by molar-refractivity contribution is -0.143. The molecule has 3 heteroatoms. The molecule has 33 heavy (non-hydrogen) atoms. The molecular formula is C30H23BrO2. The zero-order chi connectivity index (χ0) is 23.0. The third-order valence-corrected chi connectivity index (χ3v) is 7.42. The van der Waals surface area contributed by atoms with Gasteiger partial charge in [0.2, 0.25) is 0 Å². The van der Waals surface area contributed by atoms with E-state index in [1.165, 1.54) is 0 Å². The summed E-state index contributed by atoms with van der Waals surface area (Å²) in [6.07, 6.45) is 0. The van der Waals surface area contributed by atoms with Crippen molar-refractivity contribution in [1.82, 2.24) is 0 Å². The van der Waals surface area contributed by atoms with Crippen LogP contribution in [0.5, 0.6) is 0 Å². The van der Waals surface area contributed by atoms with E-state index in [0.29, 0.717) is 0 Å². The fourth-order valence-electron chi connectivity index (χ4n) is 5.07. The quantitative estimate of drug-likeness (QED) is 0.269. The van der Waals surface area contributed by atoms with Crippen molar-refractivity contribution in [1.29, 1.82) is 0 Å². The Morgan fingerprint density at radius 1 is 0.697 bits per heavy atom. The summed E-state index contributed by atoms with van der Waals surface area (Å²) < 4.78 is 0.792. The molecule has 162 valence electrons. The molecule has 1 N–H and O–H groups in total. The van der Waals surface area contributed by atoms with Crippen molar-refractivity contribution in [3.8, 4) is 0 Å². The summed E-state index contributed by atoms with van der Waals surface area (Å²) in [5.74, 6) is -1.29. The van der Waals surface area contributed by atoms with Gasteiger partial charge in [0.15, 0.2) is 0 Å². The Labute approximate surface area is 201 Å². The molecule has 0 saturated heterocycles. The first-order chi connectivity index (χ1) is 16.0. The Morgan fingerprint density at radius 2 is 1.15 bits per heavy atom. The summed E-state index contributed by atoms with van der Waals surface area (Å²) >= 11 is 3.65. The van der Waals surface area contributed by atoms with Crippen LogP contribution in [0.15, 0.2) is 114 Å². The molecule has 2 nitrogen and oxygen atoms in total. The standard InChI is InChI=1S/C30H23BrO2/c1-30(29(32)33,26-18-6-7-19-27(26)31)28(24-16-8-12-20-10-2-4-14-22(20)24)25-17-9-13-21-11-3-5-15-23(21)25/h2-19,28H,1H3,(H,32,33). The number of rotatable bonds is 5.